The number of carboxylic acids is 2. The molecule has 2 saturated heterocycles. The van der Waals surface area contributed by atoms with E-state index in [2.05, 4.69) is 26.1 Å². The van der Waals surface area contributed by atoms with Crippen LogP contribution in [0.15, 0.2) is 30.5 Å². The first-order valence-electron chi connectivity index (χ1n) is 13.7. The number of hydrogen-bond donors (Lipinski definition) is 3. The maximum atomic E-state index is 11.8. The first-order chi connectivity index (χ1) is 20.6. The number of nitrogens with zero attached hydrogens (tertiary/aromatic N) is 6. The second-order valence-electron chi connectivity index (χ2n) is 10.3. The molecule has 14 nitrogen and oxygen atoms in total. The van der Waals surface area contributed by atoms with Gasteiger partial charge in [0.15, 0.2) is 11.6 Å². The number of aliphatic carboxylic acids is 2. The molecule has 0 saturated carbocycles. The molecule has 0 aliphatic carbocycles. The second-order valence-corrected chi connectivity index (χ2v) is 13.4. The van der Waals surface area contributed by atoms with Gasteiger partial charge in [-0.15, -0.1) is 11.3 Å². The normalized spacial score (nSPS) is 16.7. The van der Waals surface area contributed by atoms with Gasteiger partial charge in [-0.05, 0) is 12.1 Å². The second kappa shape index (κ2) is 13.3. The molecule has 5 heterocycles. The summed E-state index contributed by atoms with van der Waals surface area (Å²) in [6, 6.07) is 8.19. The Labute approximate surface area is 251 Å². The molecule has 0 unspecified atom stereocenters. The molecule has 3 N–H and O–H groups in total. The Bertz CT molecular complexity index is 1700. The number of piperazine rings is 1. The summed E-state index contributed by atoms with van der Waals surface area (Å²) in [5.74, 6) is -0.510. The van der Waals surface area contributed by atoms with E-state index in [1.54, 1.807) is 15.6 Å². The fourth-order valence-electron chi connectivity index (χ4n) is 4.97. The van der Waals surface area contributed by atoms with E-state index in [4.69, 9.17) is 24.9 Å². The van der Waals surface area contributed by atoms with Crippen LogP contribution in [0.3, 0.4) is 0 Å². The van der Waals surface area contributed by atoms with E-state index in [9.17, 15) is 18.0 Å². The summed E-state index contributed by atoms with van der Waals surface area (Å²) in [6.07, 6.45) is 2.51. The number of aromatic amines is 1. The summed E-state index contributed by atoms with van der Waals surface area (Å²) in [5, 5.41) is 24.0. The fourth-order valence-corrected chi connectivity index (χ4v) is 6.95. The largest absolute Gasteiger partial charge is 0.481 e. The molecule has 2 aliphatic rings. The van der Waals surface area contributed by atoms with Crippen LogP contribution in [-0.4, -0.2) is 119 Å². The van der Waals surface area contributed by atoms with Crippen LogP contribution in [0.25, 0.3) is 32.5 Å². The Hall–Kier alpha value is -3.70. The van der Waals surface area contributed by atoms with Crippen LogP contribution in [0, 0.1) is 0 Å². The summed E-state index contributed by atoms with van der Waals surface area (Å²) in [6.45, 7) is 6.22. The van der Waals surface area contributed by atoms with Crippen molar-refractivity contribution in [2.75, 3.05) is 63.6 Å². The topological polar surface area (TPSA) is 182 Å². The predicted octanol–water partition coefficient (Wildman–Crippen LogP) is 2.08. The number of carbonyl (C=O) groups is 2. The number of nitrogens with one attached hydrogen (secondary N) is 1. The number of aromatic nitrogens is 4. The van der Waals surface area contributed by atoms with Crippen molar-refractivity contribution in [1.29, 1.82) is 0 Å². The monoisotopic (exact) mass is 631 g/mol. The van der Waals surface area contributed by atoms with Crippen LogP contribution in [0.4, 0.5) is 5.82 Å². The number of carboxylic acid groups (broad SMARTS) is 2. The Kier molecular flexibility index (Phi) is 9.51. The van der Waals surface area contributed by atoms with Crippen LogP contribution in [0.1, 0.15) is 17.7 Å². The molecule has 4 aromatic rings. The van der Waals surface area contributed by atoms with E-state index >= 15 is 0 Å². The van der Waals surface area contributed by atoms with Crippen LogP contribution in [-0.2, 0) is 30.9 Å². The third-order valence-corrected chi connectivity index (χ3v) is 9.58. The van der Waals surface area contributed by atoms with Gasteiger partial charge in [0.2, 0.25) is 10.0 Å². The molecule has 2 fully saturated rings. The summed E-state index contributed by atoms with van der Waals surface area (Å²) in [5.41, 5.74) is 2.85. The minimum Gasteiger partial charge on any atom is -0.481 e. The number of benzene rings is 1. The zero-order valence-corrected chi connectivity index (χ0v) is 25.2. The highest BCUT2D eigenvalue weighted by molar-refractivity contribution is 7.88. The molecule has 1 aromatic carbocycles. The van der Waals surface area contributed by atoms with Gasteiger partial charge in [-0.3, -0.25) is 19.6 Å². The molecule has 3 aromatic heterocycles. The Morgan fingerprint density at radius 1 is 1.02 bits per heavy atom. The third kappa shape index (κ3) is 7.64. The van der Waals surface area contributed by atoms with Crippen LogP contribution >= 0.6 is 11.3 Å². The third-order valence-electron chi connectivity index (χ3n) is 7.17. The molecule has 0 amide bonds. The van der Waals surface area contributed by atoms with Gasteiger partial charge in [0.05, 0.1) is 54.2 Å². The van der Waals surface area contributed by atoms with Crippen molar-refractivity contribution in [1.82, 2.24) is 29.4 Å². The van der Waals surface area contributed by atoms with Gasteiger partial charge < -0.3 is 19.8 Å². The number of H-pyrrole nitrogens is 1. The number of anilines is 1. The summed E-state index contributed by atoms with van der Waals surface area (Å²) in [4.78, 5) is 35.1. The SMILES string of the molecule is CS(=O)(=O)N1CCN(Cc2cc3nc(-c4cccc5[nH]ncc45)nc(N4CCOCC4)c3s2)CC1.O=C(O)CCC(=O)O. The van der Waals surface area contributed by atoms with Gasteiger partial charge in [-0.25, -0.2) is 18.4 Å². The first-order valence-corrected chi connectivity index (χ1v) is 16.4. The average molecular weight is 632 g/mol. The number of ether oxygens (including phenoxy) is 1. The zero-order valence-electron chi connectivity index (χ0n) is 23.6. The van der Waals surface area contributed by atoms with Gasteiger partial charge in [-0.2, -0.15) is 9.40 Å². The van der Waals surface area contributed by atoms with E-state index in [-0.39, 0.29) is 12.8 Å². The number of morpholine rings is 1. The van der Waals surface area contributed by atoms with Gasteiger partial charge in [-0.1, -0.05) is 12.1 Å². The van der Waals surface area contributed by atoms with E-state index in [0.29, 0.717) is 32.1 Å². The van der Waals surface area contributed by atoms with E-state index in [1.165, 1.54) is 11.1 Å². The Morgan fingerprint density at radius 3 is 2.37 bits per heavy atom. The molecular weight excluding hydrogens is 598 g/mol. The molecule has 43 heavy (non-hydrogen) atoms. The number of fused-ring (bicyclic) bond motifs is 2. The van der Waals surface area contributed by atoms with Crippen molar-refractivity contribution < 1.29 is 33.0 Å². The minimum atomic E-state index is -3.13. The summed E-state index contributed by atoms with van der Waals surface area (Å²) in [7, 11) is -3.13. The maximum Gasteiger partial charge on any atom is 0.303 e. The Balaban J connectivity index is 0.000000407. The van der Waals surface area contributed by atoms with Gasteiger partial charge in [0.1, 0.15) is 0 Å². The maximum absolute atomic E-state index is 11.8. The molecule has 0 atom stereocenters. The van der Waals surface area contributed by atoms with Crippen LogP contribution < -0.4 is 4.90 Å². The molecular formula is C27H33N7O7S2. The van der Waals surface area contributed by atoms with Gasteiger partial charge in [0, 0.05) is 61.6 Å². The number of hydrogen-bond acceptors (Lipinski definition) is 11. The van der Waals surface area contributed by atoms with E-state index in [0.717, 1.165) is 65.2 Å². The summed E-state index contributed by atoms with van der Waals surface area (Å²) >= 11 is 1.73. The predicted molar refractivity (Wildman–Crippen MR) is 162 cm³/mol. The zero-order chi connectivity index (χ0) is 30.6. The highest BCUT2D eigenvalue weighted by Gasteiger charge is 2.25. The molecule has 0 radical (unpaired) electrons. The van der Waals surface area contributed by atoms with Crippen molar-refractivity contribution in [2.24, 2.45) is 0 Å². The van der Waals surface area contributed by atoms with E-state index in [1.807, 2.05) is 24.4 Å². The lowest BCUT2D eigenvalue weighted by Gasteiger charge is -2.32. The smallest absolute Gasteiger partial charge is 0.303 e. The molecule has 2 aliphatic heterocycles. The molecule has 16 heteroatoms. The molecule has 0 spiro atoms. The first kappa shape index (κ1) is 30.7. The molecule has 6 rings (SSSR count). The average Bonchev–Trinajstić information content (AvgIpc) is 3.63. The number of thiophene rings is 1. The Morgan fingerprint density at radius 2 is 1.72 bits per heavy atom. The van der Waals surface area contributed by atoms with Crippen LogP contribution in [0.5, 0.6) is 0 Å². The van der Waals surface area contributed by atoms with Gasteiger partial charge >= 0.3 is 11.9 Å². The standard InChI is InChI=1S/C23H27N7O3S2.C4H6O4/c1-35(31,32)30-7-5-28(6-8-30)15-16-13-20-21(34-16)23(29-9-11-33-12-10-29)26-22(25-20)17-3-2-4-19-18(17)14-24-27-19;5-3(6)1-2-4(7)8/h2-4,13-14H,5-12,15H2,1H3,(H,24,27);1-2H2,(H,5,6)(H,7,8). The van der Waals surface area contributed by atoms with Crippen molar-refractivity contribution in [3.8, 4) is 11.4 Å². The summed E-state index contributed by atoms with van der Waals surface area (Å²) < 4.78 is 31.9. The quantitative estimate of drug-likeness (QED) is 0.258. The lowest BCUT2D eigenvalue weighted by atomic mass is 10.1. The lowest BCUT2D eigenvalue weighted by molar-refractivity contribution is -0.143. The number of rotatable bonds is 8. The fraction of sp³-hybridized carbons (Fsp3) is 0.444. The van der Waals surface area contributed by atoms with Crippen molar-refractivity contribution in [3.05, 3.63) is 35.3 Å². The number of sulfonamides is 1. The lowest BCUT2D eigenvalue weighted by Crippen LogP contribution is -2.47. The van der Waals surface area contributed by atoms with E-state index < -0.39 is 22.0 Å². The highest BCUT2D eigenvalue weighted by atomic mass is 32.2. The van der Waals surface area contributed by atoms with Crippen LogP contribution in [0.2, 0.25) is 0 Å². The van der Waals surface area contributed by atoms with Gasteiger partial charge in [0.25, 0.3) is 0 Å². The van der Waals surface area contributed by atoms with Crippen molar-refractivity contribution in [3.63, 3.8) is 0 Å². The molecule has 0 bridgehead atoms. The highest BCUT2D eigenvalue weighted by Crippen LogP contribution is 2.36. The van der Waals surface area contributed by atoms with Crippen molar-refractivity contribution in [2.45, 2.75) is 19.4 Å². The minimum absolute atomic E-state index is 0.296. The molecule has 230 valence electrons. The van der Waals surface area contributed by atoms with Crippen molar-refractivity contribution >= 4 is 60.2 Å².